The van der Waals surface area contributed by atoms with Crippen LogP contribution in [0.25, 0.3) is 11.0 Å². The summed E-state index contributed by atoms with van der Waals surface area (Å²) in [6, 6.07) is 15.5. The molecule has 0 radical (unpaired) electrons. The van der Waals surface area contributed by atoms with Gasteiger partial charge in [0.05, 0.1) is 12.7 Å². The van der Waals surface area contributed by atoms with Gasteiger partial charge >= 0.3 is 11.6 Å². The van der Waals surface area contributed by atoms with Crippen LogP contribution < -0.4 is 10.5 Å². The van der Waals surface area contributed by atoms with Crippen molar-refractivity contribution in [2.45, 2.75) is 26.4 Å². The van der Waals surface area contributed by atoms with Crippen molar-refractivity contribution in [2.75, 3.05) is 31.6 Å². The van der Waals surface area contributed by atoms with E-state index in [1.54, 1.807) is 18.2 Å². The van der Waals surface area contributed by atoms with Crippen LogP contribution in [0.3, 0.4) is 0 Å². The third kappa shape index (κ3) is 4.09. The minimum absolute atomic E-state index is 0.305. The fourth-order valence-corrected chi connectivity index (χ4v) is 4.08. The zero-order valence-electron chi connectivity index (χ0n) is 17.6. The van der Waals surface area contributed by atoms with Crippen molar-refractivity contribution in [3.8, 4) is 0 Å². The second-order valence-electron chi connectivity index (χ2n) is 7.89. The molecule has 0 spiro atoms. The summed E-state index contributed by atoms with van der Waals surface area (Å²) in [4.78, 5) is 28.4. The maximum atomic E-state index is 12.0. The number of anilines is 1. The third-order valence-corrected chi connectivity index (χ3v) is 5.78. The minimum Gasteiger partial charge on any atom is -0.465 e. The van der Waals surface area contributed by atoms with Crippen LogP contribution in [0.1, 0.15) is 28.4 Å². The Balaban J connectivity index is 1.48. The van der Waals surface area contributed by atoms with Gasteiger partial charge in [0.25, 0.3) is 0 Å². The van der Waals surface area contributed by atoms with Gasteiger partial charge in [-0.2, -0.15) is 0 Å². The van der Waals surface area contributed by atoms with Crippen molar-refractivity contribution in [1.82, 2.24) is 4.90 Å². The molecular weight excluding hydrogens is 380 g/mol. The average molecular weight is 406 g/mol. The monoisotopic (exact) mass is 406 g/mol. The highest BCUT2D eigenvalue weighted by Gasteiger charge is 2.25. The van der Waals surface area contributed by atoms with Gasteiger partial charge in [-0.15, -0.1) is 0 Å². The molecule has 1 saturated heterocycles. The summed E-state index contributed by atoms with van der Waals surface area (Å²) in [6.45, 7) is 7.53. The van der Waals surface area contributed by atoms with Gasteiger partial charge in [-0.1, -0.05) is 12.1 Å². The SMILES string of the molecule is COC(=O)c1ccc(N2CCN(Cc3cc(=O)oc4cc(C)ccc34)C(C)C2)cc1. The molecule has 2 aromatic carbocycles. The number of hydrogen-bond acceptors (Lipinski definition) is 6. The average Bonchev–Trinajstić information content (AvgIpc) is 2.74. The number of benzene rings is 2. The first kappa shape index (κ1) is 20.2. The van der Waals surface area contributed by atoms with Gasteiger partial charge in [0.2, 0.25) is 0 Å². The summed E-state index contributed by atoms with van der Waals surface area (Å²) in [5.41, 5.74) is 4.06. The molecule has 0 bridgehead atoms. The summed E-state index contributed by atoms with van der Waals surface area (Å²) in [5.74, 6) is -0.325. The lowest BCUT2D eigenvalue weighted by atomic mass is 10.1. The van der Waals surface area contributed by atoms with Crippen LogP contribution in [0, 0.1) is 6.92 Å². The quantitative estimate of drug-likeness (QED) is 0.487. The molecular formula is C24H26N2O4. The molecule has 1 aromatic heterocycles. The standard InChI is InChI=1S/C24H26N2O4/c1-16-4-9-21-19(13-23(27)30-22(21)12-16)15-25-10-11-26(14-17(25)2)20-7-5-18(6-8-20)24(28)29-3/h4-9,12-13,17H,10-11,14-15H2,1-3H3. The predicted molar refractivity (Wildman–Crippen MR) is 117 cm³/mol. The number of nitrogens with zero attached hydrogens (tertiary/aromatic N) is 2. The molecule has 1 unspecified atom stereocenters. The summed E-state index contributed by atoms with van der Waals surface area (Å²) < 4.78 is 10.2. The van der Waals surface area contributed by atoms with E-state index in [4.69, 9.17) is 9.15 Å². The lowest BCUT2D eigenvalue weighted by Gasteiger charge is -2.41. The van der Waals surface area contributed by atoms with Crippen LogP contribution in [0.5, 0.6) is 0 Å². The number of rotatable bonds is 4. The molecule has 0 saturated carbocycles. The summed E-state index contributed by atoms with van der Waals surface area (Å²) in [6.07, 6.45) is 0. The highest BCUT2D eigenvalue weighted by atomic mass is 16.5. The van der Waals surface area contributed by atoms with Gasteiger partial charge < -0.3 is 14.1 Å². The Morgan fingerprint density at radius 3 is 2.60 bits per heavy atom. The second kappa shape index (κ2) is 8.32. The van der Waals surface area contributed by atoms with E-state index in [9.17, 15) is 9.59 Å². The van der Waals surface area contributed by atoms with Crippen LogP contribution in [0.15, 0.2) is 57.7 Å². The molecule has 2 heterocycles. The normalized spacial score (nSPS) is 17.3. The van der Waals surface area contributed by atoms with E-state index in [-0.39, 0.29) is 11.6 Å². The molecule has 6 heteroatoms. The van der Waals surface area contributed by atoms with Gasteiger partial charge in [-0.25, -0.2) is 9.59 Å². The van der Waals surface area contributed by atoms with Crippen LogP contribution in [0.2, 0.25) is 0 Å². The number of carbonyl (C=O) groups excluding carboxylic acids is 1. The summed E-state index contributed by atoms with van der Waals surface area (Å²) in [5, 5.41) is 0.994. The Kier molecular flexibility index (Phi) is 5.59. The first-order valence-corrected chi connectivity index (χ1v) is 10.2. The van der Waals surface area contributed by atoms with Crippen molar-refractivity contribution in [1.29, 1.82) is 0 Å². The van der Waals surface area contributed by atoms with Crippen molar-refractivity contribution in [3.63, 3.8) is 0 Å². The van der Waals surface area contributed by atoms with E-state index in [1.165, 1.54) is 7.11 Å². The minimum atomic E-state index is -0.325. The Morgan fingerprint density at radius 1 is 1.13 bits per heavy atom. The van der Waals surface area contributed by atoms with Crippen LogP contribution in [0.4, 0.5) is 5.69 Å². The van der Waals surface area contributed by atoms with Gasteiger partial charge in [0, 0.05) is 49.4 Å². The fourth-order valence-electron chi connectivity index (χ4n) is 4.08. The molecule has 3 aromatic rings. The van der Waals surface area contributed by atoms with E-state index in [1.807, 2.05) is 37.3 Å². The Bertz CT molecular complexity index is 1120. The van der Waals surface area contributed by atoms with Gasteiger partial charge in [0.1, 0.15) is 5.58 Å². The number of piperazine rings is 1. The van der Waals surface area contributed by atoms with Crippen molar-refractivity contribution >= 4 is 22.6 Å². The number of hydrogen-bond donors (Lipinski definition) is 0. The van der Waals surface area contributed by atoms with E-state index in [0.29, 0.717) is 23.7 Å². The number of aryl methyl sites for hydroxylation is 1. The maximum absolute atomic E-state index is 12.0. The van der Waals surface area contributed by atoms with Crippen LogP contribution >= 0.6 is 0 Å². The Labute approximate surface area is 175 Å². The number of fused-ring (bicyclic) bond motifs is 1. The maximum Gasteiger partial charge on any atom is 0.337 e. The topological polar surface area (TPSA) is 63.0 Å². The Hall–Kier alpha value is -3.12. The number of methoxy groups -OCH3 is 1. The van der Waals surface area contributed by atoms with E-state index >= 15 is 0 Å². The molecule has 156 valence electrons. The van der Waals surface area contributed by atoms with E-state index < -0.39 is 0 Å². The molecule has 6 nitrogen and oxygen atoms in total. The molecule has 0 aliphatic carbocycles. The molecule has 4 rings (SSSR count). The highest BCUT2D eigenvalue weighted by molar-refractivity contribution is 5.89. The fraction of sp³-hybridized carbons (Fsp3) is 0.333. The first-order chi connectivity index (χ1) is 14.4. The molecule has 1 aliphatic rings. The Morgan fingerprint density at radius 2 is 1.90 bits per heavy atom. The van der Waals surface area contributed by atoms with Crippen molar-refractivity contribution in [2.24, 2.45) is 0 Å². The van der Waals surface area contributed by atoms with E-state index in [0.717, 1.165) is 41.8 Å². The smallest absolute Gasteiger partial charge is 0.337 e. The van der Waals surface area contributed by atoms with Crippen molar-refractivity contribution in [3.05, 3.63) is 75.6 Å². The van der Waals surface area contributed by atoms with E-state index in [2.05, 4.69) is 16.7 Å². The molecule has 0 amide bonds. The molecule has 1 atom stereocenters. The highest BCUT2D eigenvalue weighted by Crippen LogP contribution is 2.24. The van der Waals surface area contributed by atoms with Crippen LogP contribution in [-0.4, -0.2) is 43.7 Å². The van der Waals surface area contributed by atoms with Gasteiger partial charge in [-0.05, 0) is 55.3 Å². The zero-order valence-corrected chi connectivity index (χ0v) is 17.6. The summed E-state index contributed by atoms with van der Waals surface area (Å²) in [7, 11) is 1.39. The van der Waals surface area contributed by atoms with Crippen molar-refractivity contribution < 1.29 is 13.9 Å². The molecule has 1 fully saturated rings. The van der Waals surface area contributed by atoms with Crippen LogP contribution in [-0.2, 0) is 11.3 Å². The number of carbonyl (C=O) groups is 1. The molecule has 30 heavy (non-hydrogen) atoms. The first-order valence-electron chi connectivity index (χ1n) is 10.2. The number of esters is 1. The van der Waals surface area contributed by atoms with Gasteiger partial charge in [-0.3, -0.25) is 4.90 Å². The van der Waals surface area contributed by atoms with Gasteiger partial charge in [0.15, 0.2) is 0 Å². The number of ether oxygens (including phenoxy) is 1. The molecule has 0 N–H and O–H groups in total. The lowest BCUT2D eigenvalue weighted by Crippen LogP contribution is -2.51. The lowest BCUT2D eigenvalue weighted by molar-refractivity contribution is 0.0600. The predicted octanol–water partition coefficient (Wildman–Crippen LogP) is 3.60. The third-order valence-electron chi connectivity index (χ3n) is 5.78. The summed E-state index contributed by atoms with van der Waals surface area (Å²) >= 11 is 0. The second-order valence-corrected chi connectivity index (χ2v) is 7.89. The largest absolute Gasteiger partial charge is 0.465 e. The zero-order chi connectivity index (χ0) is 21.3. The molecule has 1 aliphatic heterocycles.